The molecule has 4 nitrogen and oxygen atoms in total. The van der Waals surface area contributed by atoms with Crippen molar-refractivity contribution in [2.75, 3.05) is 25.0 Å². The highest BCUT2D eigenvalue weighted by Gasteiger charge is 2.10. The summed E-state index contributed by atoms with van der Waals surface area (Å²) in [6, 6.07) is 0. The standard InChI is InChI=1S/C13H20N4S2/c1-4-14-13-16-10(9-18-13)11-7-15-12(19-11)8-17(5-2)6-3/h7,9H,4-6,8H2,1-3H3,(H,14,16). The maximum Gasteiger partial charge on any atom is 0.183 e. The first-order chi connectivity index (χ1) is 9.26. The molecule has 19 heavy (non-hydrogen) atoms. The molecule has 0 radical (unpaired) electrons. The maximum atomic E-state index is 4.57. The highest BCUT2D eigenvalue weighted by molar-refractivity contribution is 7.16. The van der Waals surface area contributed by atoms with E-state index in [-0.39, 0.29) is 0 Å². The largest absolute Gasteiger partial charge is 0.362 e. The van der Waals surface area contributed by atoms with Crippen LogP contribution in [0.5, 0.6) is 0 Å². The van der Waals surface area contributed by atoms with Crippen molar-refractivity contribution in [3.63, 3.8) is 0 Å². The SMILES string of the molecule is CCNc1nc(-c2cnc(CN(CC)CC)s2)cs1. The summed E-state index contributed by atoms with van der Waals surface area (Å²) < 4.78 is 0. The summed E-state index contributed by atoms with van der Waals surface area (Å²) in [7, 11) is 0. The van der Waals surface area contributed by atoms with Crippen molar-refractivity contribution < 1.29 is 0 Å². The van der Waals surface area contributed by atoms with E-state index in [9.17, 15) is 0 Å². The van der Waals surface area contributed by atoms with Gasteiger partial charge >= 0.3 is 0 Å². The molecule has 0 aromatic carbocycles. The fourth-order valence-electron chi connectivity index (χ4n) is 1.76. The van der Waals surface area contributed by atoms with E-state index in [2.05, 4.69) is 46.3 Å². The summed E-state index contributed by atoms with van der Waals surface area (Å²) in [5, 5.41) is 7.47. The van der Waals surface area contributed by atoms with Crippen molar-refractivity contribution in [2.24, 2.45) is 0 Å². The Morgan fingerprint density at radius 3 is 2.74 bits per heavy atom. The van der Waals surface area contributed by atoms with E-state index in [1.807, 2.05) is 6.20 Å². The van der Waals surface area contributed by atoms with Gasteiger partial charge in [-0.25, -0.2) is 9.97 Å². The van der Waals surface area contributed by atoms with Crippen LogP contribution in [0.25, 0.3) is 10.6 Å². The molecule has 104 valence electrons. The summed E-state index contributed by atoms with van der Waals surface area (Å²) in [5.41, 5.74) is 1.03. The van der Waals surface area contributed by atoms with Crippen LogP contribution in [0, 0.1) is 0 Å². The average molecular weight is 296 g/mol. The summed E-state index contributed by atoms with van der Waals surface area (Å²) in [6.45, 7) is 10.4. The summed E-state index contributed by atoms with van der Waals surface area (Å²) in [4.78, 5) is 12.6. The Hall–Kier alpha value is -0.980. The van der Waals surface area contributed by atoms with Crippen LogP contribution in [0.3, 0.4) is 0 Å². The topological polar surface area (TPSA) is 41.1 Å². The van der Waals surface area contributed by atoms with Gasteiger partial charge in [0.2, 0.25) is 0 Å². The molecule has 0 unspecified atom stereocenters. The molecule has 0 atom stereocenters. The third kappa shape index (κ3) is 3.75. The predicted octanol–water partition coefficient (Wildman–Crippen LogP) is 3.54. The zero-order valence-corrected chi connectivity index (χ0v) is 13.3. The minimum absolute atomic E-state index is 0.906. The van der Waals surface area contributed by atoms with Crippen LogP contribution in [0.4, 0.5) is 5.13 Å². The van der Waals surface area contributed by atoms with Gasteiger partial charge in [0, 0.05) is 18.1 Å². The third-order valence-electron chi connectivity index (χ3n) is 2.89. The van der Waals surface area contributed by atoms with Crippen molar-refractivity contribution >= 4 is 27.8 Å². The zero-order chi connectivity index (χ0) is 13.7. The van der Waals surface area contributed by atoms with E-state index in [0.717, 1.165) is 46.9 Å². The Bertz CT molecular complexity index is 502. The fourth-order valence-corrected chi connectivity index (χ4v) is 3.54. The van der Waals surface area contributed by atoms with Gasteiger partial charge in [0.25, 0.3) is 0 Å². The van der Waals surface area contributed by atoms with Gasteiger partial charge in [-0.3, -0.25) is 4.90 Å². The summed E-state index contributed by atoms with van der Waals surface area (Å²) >= 11 is 3.39. The second kappa shape index (κ2) is 6.98. The molecular formula is C13H20N4S2. The minimum atomic E-state index is 0.906. The quantitative estimate of drug-likeness (QED) is 0.848. The molecule has 0 fully saturated rings. The normalized spacial score (nSPS) is 11.2. The van der Waals surface area contributed by atoms with Crippen molar-refractivity contribution in [3.8, 4) is 10.6 Å². The number of anilines is 1. The second-order valence-corrected chi connectivity index (χ2v) is 6.12. The van der Waals surface area contributed by atoms with Crippen LogP contribution in [0.15, 0.2) is 11.6 Å². The molecule has 2 aromatic rings. The van der Waals surface area contributed by atoms with Crippen LogP contribution in [-0.4, -0.2) is 34.5 Å². The number of hydrogen-bond donors (Lipinski definition) is 1. The number of aromatic nitrogens is 2. The number of nitrogens with zero attached hydrogens (tertiary/aromatic N) is 3. The highest BCUT2D eigenvalue weighted by atomic mass is 32.1. The van der Waals surface area contributed by atoms with Crippen LogP contribution in [-0.2, 0) is 6.54 Å². The monoisotopic (exact) mass is 296 g/mol. The molecule has 0 bridgehead atoms. The lowest BCUT2D eigenvalue weighted by molar-refractivity contribution is 0.295. The Labute approximate surface area is 122 Å². The van der Waals surface area contributed by atoms with Gasteiger partial charge in [-0.05, 0) is 20.0 Å². The smallest absolute Gasteiger partial charge is 0.183 e. The van der Waals surface area contributed by atoms with E-state index in [1.165, 1.54) is 0 Å². The molecule has 0 aliphatic heterocycles. The van der Waals surface area contributed by atoms with Crippen molar-refractivity contribution in [2.45, 2.75) is 27.3 Å². The third-order valence-corrected chi connectivity index (χ3v) is 4.70. The molecule has 0 saturated carbocycles. The van der Waals surface area contributed by atoms with Gasteiger partial charge in [0.1, 0.15) is 5.01 Å². The van der Waals surface area contributed by atoms with Gasteiger partial charge in [-0.1, -0.05) is 13.8 Å². The molecule has 2 rings (SSSR count). The van der Waals surface area contributed by atoms with Crippen LogP contribution < -0.4 is 5.32 Å². The molecule has 0 saturated heterocycles. The first-order valence-corrected chi connectivity index (χ1v) is 8.33. The van der Waals surface area contributed by atoms with Crippen LogP contribution >= 0.6 is 22.7 Å². The number of thiazole rings is 2. The lowest BCUT2D eigenvalue weighted by Gasteiger charge is -2.15. The van der Waals surface area contributed by atoms with Gasteiger partial charge in [0.05, 0.1) is 17.1 Å². The van der Waals surface area contributed by atoms with Crippen LogP contribution in [0.1, 0.15) is 25.8 Å². The lowest BCUT2D eigenvalue weighted by Crippen LogP contribution is -2.21. The number of nitrogens with one attached hydrogen (secondary N) is 1. The Morgan fingerprint density at radius 1 is 1.26 bits per heavy atom. The highest BCUT2D eigenvalue weighted by Crippen LogP contribution is 2.29. The van der Waals surface area contributed by atoms with Gasteiger partial charge in [0.15, 0.2) is 5.13 Å². The Kier molecular flexibility index (Phi) is 5.30. The van der Waals surface area contributed by atoms with Gasteiger partial charge < -0.3 is 5.32 Å². The van der Waals surface area contributed by atoms with Crippen molar-refractivity contribution in [1.82, 2.24) is 14.9 Å². The first kappa shape index (κ1) is 14.4. The summed E-state index contributed by atoms with van der Waals surface area (Å²) in [6.07, 6.45) is 1.94. The molecule has 0 aliphatic carbocycles. The molecule has 1 N–H and O–H groups in total. The minimum Gasteiger partial charge on any atom is -0.362 e. The Balaban J connectivity index is 2.07. The second-order valence-electron chi connectivity index (χ2n) is 4.15. The van der Waals surface area contributed by atoms with E-state index in [4.69, 9.17) is 0 Å². The zero-order valence-electron chi connectivity index (χ0n) is 11.6. The van der Waals surface area contributed by atoms with E-state index >= 15 is 0 Å². The number of hydrogen-bond acceptors (Lipinski definition) is 6. The van der Waals surface area contributed by atoms with E-state index in [0.29, 0.717) is 0 Å². The average Bonchev–Trinajstić information content (AvgIpc) is 3.05. The van der Waals surface area contributed by atoms with Crippen LogP contribution in [0.2, 0.25) is 0 Å². The molecule has 2 aromatic heterocycles. The molecular weight excluding hydrogens is 276 g/mol. The molecule has 0 aliphatic rings. The van der Waals surface area contributed by atoms with Gasteiger partial charge in [-0.15, -0.1) is 22.7 Å². The van der Waals surface area contributed by atoms with E-state index < -0.39 is 0 Å². The van der Waals surface area contributed by atoms with Crippen molar-refractivity contribution in [3.05, 3.63) is 16.6 Å². The molecule has 0 amide bonds. The van der Waals surface area contributed by atoms with Crippen molar-refractivity contribution in [1.29, 1.82) is 0 Å². The fraction of sp³-hybridized carbons (Fsp3) is 0.538. The number of rotatable bonds is 7. The maximum absolute atomic E-state index is 4.57. The lowest BCUT2D eigenvalue weighted by atomic mass is 10.4. The molecule has 6 heteroatoms. The summed E-state index contributed by atoms with van der Waals surface area (Å²) in [5.74, 6) is 0. The van der Waals surface area contributed by atoms with E-state index in [1.54, 1.807) is 22.7 Å². The molecule has 2 heterocycles. The first-order valence-electron chi connectivity index (χ1n) is 6.63. The Morgan fingerprint density at radius 2 is 2.05 bits per heavy atom. The molecule has 0 spiro atoms. The van der Waals surface area contributed by atoms with Gasteiger partial charge in [-0.2, -0.15) is 0 Å². The predicted molar refractivity (Wildman–Crippen MR) is 84.0 cm³/mol.